The van der Waals surface area contributed by atoms with E-state index in [4.69, 9.17) is 9.47 Å². The predicted octanol–water partition coefficient (Wildman–Crippen LogP) is 0.673. The number of nitrogens with zero attached hydrogens (tertiary/aromatic N) is 2. The fraction of sp³-hybridized carbons (Fsp3) is 0.727. The van der Waals surface area contributed by atoms with Crippen LogP contribution in [0.4, 0.5) is 0 Å². The van der Waals surface area contributed by atoms with E-state index in [2.05, 4.69) is 5.10 Å². The summed E-state index contributed by atoms with van der Waals surface area (Å²) in [6.45, 7) is 0.271. The minimum absolute atomic E-state index is 0.247. The molecule has 1 fully saturated rings. The lowest BCUT2D eigenvalue weighted by Crippen LogP contribution is -2.36. The normalized spacial score (nSPS) is 19.5. The maximum Gasteiger partial charge on any atom is 0.163 e. The standard InChI is InChI=1S/C11H18N2O3/c1-13-10(9(16-3)6-12-13)11(14,7-15-2)8-4-5-8/h6,8,14H,4-5,7H2,1-3H3. The molecule has 0 aliphatic heterocycles. The predicted molar refractivity (Wildman–Crippen MR) is 58.3 cm³/mol. The van der Waals surface area contributed by atoms with Crippen LogP contribution in [0.3, 0.4) is 0 Å². The van der Waals surface area contributed by atoms with E-state index in [0.717, 1.165) is 12.8 Å². The van der Waals surface area contributed by atoms with Crippen molar-refractivity contribution in [2.24, 2.45) is 13.0 Å². The molecule has 90 valence electrons. The molecule has 1 atom stereocenters. The Bertz CT molecular complexity index is 373. The summed E-state index contributed by atoms with van der Waals surface area (Å²) < 4.78 is 12.0. The Labute approximate surface area is 95.0 Å². The van der Waals surface area contributed by atoms with Gasteiger partial charge in [0, 0.05) is 14.2 Å². The maximum atomic E-state index is 10.7. The van der Waals surface area contributed by atoms with Crippen molar-refractivity contribution in [2.45, 2.75) is 18.4 Å². The lowest BCUT2D eigenvalue weighted by atomic mass is 9.94. The third-order valence-corrected chi connectivity index (χ3v) is 3.15. The van der Waals surface area contributed by atoms with E-state index in [1.807, 2.05) is 0 Å². The van der Waals surface area contributed by atoms with Crippen LogP contribution in [0.2, 0.25) is 0 Å². The molecule has 1 aromatic rings. The second-order valence-corrected chi connectivity index (χ2v) is 4.32. The van der Waals surface area contributed by atoms with Crippen LogP contribution >= 0.6 is 0 Å². The Kier molecular flexibility index (Phi) is 2.90. The molecule has 2 rings (SSSR count). The van der Waals surface area contributed by atoms with Crippen molar-refractivity contribution in [3.63, 3.8) is 0 Å². The van der Waals surface area contributed by atoms with Crippen LogP contribution in [0, 0.1) is 5.92 Å². The smallest absolute Gasteiger partial charge is 0.163 e. The van der Waals surface area contributed by atoms with E-state index < -0.39 is 5.60 Å². The summed E-state index contributed by atoms with van der Waals surface area (Å²) in [4.78, 5) is 0. The van der Waals surface area contributed by atoms with Crippen molar-refractivity contribution >= 4 is 0 Å². The number of methoxy groups -OCH3 is 2. The van der Waals surface area contributed by atoms with Crippen molar-refractivity contribution in [2.75, 3.05) is 20.8 Å². The highest BCUT2D eigenvalue weighted by Crippen LogP contribution is 2.48. The molecular formula is C11H18N2O3. The number of aromatic nitrogens is 2. The topological polar surface area (TPSA) is 56.5 Å². The lowest BCUT2D eigenvalue weighted by Gasteiger charge is -2.28. The molecule has 0 aromatic carbocycles. The first-order chi connectivity index (χ1) is 7.63. The Morgan fingerprint density at radius 3 is 2.75 bits per heavy atom. The van der Waals surface area contributed by atoms with Gasteiger partial charge in [0.25, 0.3) is 0 Å². The second-order valence-electron chi connectivity index (χ2n) is 4.32. The molecule has 0 spiro atoms. The van der Waals surface area contributed by atoms with Gasteiger partial charge in [0.05, 0.1) is 19.9 Å². The number of hydrogen-bond acceptors (Lipinski definition) is 4. The molecule has 1 heterocycles. The van der Waals surface area contributed by atoms with Gasteiger partial charge in [-0.15, -0.1) is 0 Å². The van der Waals surface area contributed by atoms with E-state index >= 15 is 0 Å². The summed E-state index contributed by atoms with van der Waals surface area (Å²) >= 11 is 0. The van der Waals surface area contributed by atoms with Crippen molar-refractivity contribution in [1.82, 2.24) is 9.78 Å². The van der Waals surface area contributed by atoms with Crippen molar-refractivity contribution < 1.29 is 14.6 Å². The highest BCUT2D eigenvalue weighted by molar-refractivity contribution is 5.32. The number of hydrogen-bond donors (Lipinski definition) is 1. The van der Waals surface area contributed by atoms with Gasteiger partial charge in [-0.2, -0.15) is 5.10 Å². The zero-order chi connectivity index (χ0) is 11.8. The lowest BCUT2D eigenvalue weighted by molar-refractivity contribution is -0.0602. The number of rotatable bonds is 5. The zero-order valence-electron chi connectivity index (χ0n) is 9.93. The molecule has 16 heavy (non-hydrogen) atoms. The highest BCUT2D eigenvalue weighted by Gasteiger charge is 2.48. The average Bonchev–Trinajstić information content (AvgIpc) is 3.03. The molecule has 0 bridgehead atoms. The largest absolute Gasteiger partial charge is 0.493 e. The minimum atomic E-state index is -0.981. The number of aliphatic hydroxyl groups is 1. The molecule has 5 heteroatoms. The maximum absolute atomic E-state index is 10.7. The van der Waals surface area contributed by atoms with Crippen molar-refractivity contribution in [3.8, 4) is 5.75 Å². The van der Waals surface area contributed by atoms with Gasteiger partial charge < -0.3 is 14.6 Å². The molecule has 0 radical (unpaired) electrons. The van der Waals surface area contributed by atoms with E-state index in [9.17, 15) is 5.11 Å². The number of ether oxygens (including phenoxy) is 2. The fourth-order valence-corrected chi connectivity index (χ4v) is 2.22. The van der Waals surface area contributed by atoms with Crippen LogP contribution in [0.15, 0.2) is 6.20 Å². The number of aryl methyl sites for hydroxylation is 1. The van der Waals surface area contributed by atoms with Crippen LogP contribution in [0.5, 0.6) is 5.75 Å². The van der Waals surface area contributed by atoms with Gasteiger partial charge in [0.2, 0.25) is 0 Å². The van der Waals surface area contributed by atoms with Gasteiger partial charge in [-0.05, 0) is 18.8 Å². The molecule has 0 amide bonds. The van der Waals surface area contributed by atoms with Gasteiger partial charge in [-0.25, -0.2) is 0 Å². The Hall–Kier alpha value is -1.07. The van der Waals surface area contributed by atoms with Crippen LogP contribution < -0.4 is 4.74 Å². The van der Waals surface area contributed by atoms with E-state index in [1.165, 1.54) is 0 Å². The highest BCUT2D eigenvalue weighted by atomic mass is 16.5. The van der Waals surface area contributed by atoms with E-state index in [0.29, 0.717) is 11.4 Å². The minimum Gasteiger partial charge on any atom is -0.493 e. The molecule has 1 aliphatic rings. The molecule has 5 nitrogen and oxygen atoms in total. The van der Waals surface area contributed by atoms with E-state index in [1.54, 1.807) is 32.1 Å². The summed E-state index contributed by atoms with van der Waals surface area (Å²) in [5.74, 6) is 0.866. The molecule has 1 saturated carbocycles. The Morgan fingerprint density at radius 2 is 2.25 bits per heavy atom. The first kappa shape index (κ1) is 11.4. The first-order valence-electron chi connectivity index (χ1n) is 5.41. The summed E-state index contributed by atoms with van der Waals surface area (Å²) in [6.07, 6.45) is 3.67. The first-order valence-corrected chi connectivity index (χ1v) is 5.41. The Balaban J connectivity index is 2.41. The molecule has 1 aromatic heterocycles. The molecule has 1 aliphatic carbocycles. The molecule has 1 N–H and O–H groups in total. The van der Waals surface area contributed by atoms with Gasteiger partial charge in [-0.3, -0.25) is 4.68 Å². The average molecular weight is 226 g/mol. The molecule has 0 saturated heterocycles. The quantitative estimate of drug-likeness (QED) is 0.802. The van der Waals surface area contributed by atoms with Gasteiger partial charge in [0.1, 0.15) is 11.3 Å². The molecular weight excluding hydrogens is 208 g/mol. The van der Waals surface area contributed by atoms with Crippen molar-refractivity contribution in [1.29, 1.82) is 0 Å². The summed E-state index contributed by atoms with van der Waals surface area (Å²) in [5.41, 5.74) is -0.273. The van der Waals surface area contributed by atoms with Crippen molar-refractivity contribution in [3.05, 3.63) is 11.9 Å². The van der Waals surface area contributed by atoms with Gasteiger partial charge in [0.15, 0.2) is 5.75 Å². The molecule has 1 unspecified atom stereocenters. The third kappa shape index (κ3) is 1.70. The third-order valence-electron chi connectivity index (χ3n) is 3.15. The van der Waals surface area contributed by atoms with Crippen LogP contribution in [-0.2, 0) is 17.4 Å². The summed E-state index contributed by atoms with van der Waals surface area (Å²) in [6, 6.07) is 0. The van der Waals surface area contributed by atoms with Crippen LogP contribution in [0.25, 0.3) is 0 Å². The second kappa shape index (κ2) is 4.07. The monoisotopic (exact) mass is 226 g/mol. The fourth-order valence-electron chi connectivity index (χ4n) is 2.22. The summed E-state index contributed by atoms with van der Waals surface area (Å²) in [7, 11) is 4.98. The Morgan fingerprint density at radius 1 is 1.56 bits per heavy atom. The van der Waals surface area contributed by atoms with Gasteiger partial charge >= 0.3 is 0 Å². The van der Waals surface area contributed by atoms with Gasteiger partial charge in [-0.1, -0.05) is 0 Å². The SMILES string of the molecule is COCC(O)(c1c(OC)cnn1C)C1CC1. The van der Waals surface area contributed by atoms with E-state index in [-0.39, 0.29) is 12.5 Å². The van der Waals surface area contributed by atoms with Crippen LogP contribution in [0.1, 0.15) is 18.5 Å². The zero-order valence-corrected chi connectivity index (χ0v) is 9.93. The van der Waals surface area contributed by atoms with Crippen LogP contribution in [-0.4, -0.2) is 35.7 Å². The summed E-state index contributed by atoms with van der Waals surface area (Å²) in [5, 5.41) is 14.9.